The smallest absolute Gasteiger partial charge is 0.0771 e. The molecule has 182 valence electrons. The van der Waals surface area contributed by atoms with E-state index >= 15 is 0 Å². The third-order valence-corrected chi connectivity index (χ3v) is 11.8. The van der Waals surface area contributed by atoms with Crippen LogP contribution in [0.3, 0.4) is 0 Å². The summed E-state index contributed by atoms with van der Waals surface area (Å²) in [5, 5.41) is 20.9. The normalized spacial score (nSPS) is 48.2. The Morgan fingerprint density at radius 2 is 1.56 bits per heavy atom. The molecule has 8 atom stereocenters. The number of fused-ring (bicyclic) bond motifs is 5. The molecule has 0 heterocycles. The molecule has 0 spiro atoms. The van der Waals surface area contributed by atoms with Gasteiger partial charge in [0.05, 0.1) is 11.7 Å². The standard InChI is InChI=1S/C30H50O2/c1-20(10-9-16-26(2,3)32)21-13-18-29(7)22(21)11-12-24-28(6)17-15-25(31)27(4,5)23(28)14-19-30(24,29)8/h9,16,21-25,31-32H,1,10-15,17-19H2,2-8H3/b16-9+/t21-,22+,23-,24+,25-,28-,29+,30+/m0/s1. The van der Waals surface area contributed by atoms with Crippen molar-refractivity contribution in [2.45, 2.75) is 118 Å². The van der Waals surface area contributed by atoms with Gasteiger partial charge < -0.3 is 10.2 Å². The minimum absolute atomic E-state index is 0.0331. The SMILES string of the molecule is C=C(C/C=C/C(C)(C)O)[C@@H]1CC[C@]2(C)[C@@H]1CC[C@@H]1[C@@]3(C)CC[C@H](O)C(C)(C)[C@@H]3CC[C@]12C. The summed E-state index contributed by atoms with van der Waals surface area (Å²) in [5.74, 6) is 2.77. The molecular weight excluding hydrogens is 392 g/mol. The van der Waals surface area contributed by atoms with Gasteiger partial charge in [0.15, 0.2) is 0 Å². The van der Waals surface area contributed by atoms with Gasteiger partial charge in [-0.3, -0.25) is 0 Å². The van der Waals surface area contributed by atoms with E-state index in [2.05, 4.69) is 47.3 Å². The van der Waals surface area contributed by atoms with E-state index in [1.54, 1.807) is 0 Å². The van der Waals surface area contributed by atoms with Crippen LogP contribution < -0.4 is 0 Å². The minimum atomic E-state index is -0.745. The fourth-order valence-corrected chi connectivity index (χ4v) is 9.87. The van der Waals surface area contributed by atoms with Crippen LogP contribution in [0.2, 0.25) is 0 Å². The zero-order valence-electron chi connectivity index (χ0n) is 22.0. The Hall–Kier alpha value is -0.600. The molecule has 0 unspecified atom stereocenters. The quantitative estimate of drug-likeness (QED) is 0.448. The molecule has 2 N–H and O–H groups in total. The predicted octanol–water partition coefficient (Wildman–Crippen LogP) is 7.31. The highest BCUT2D eigenvalue weighted by molar-refractivity contribution is 5.21. The molecule has 4 saturated carbocycles. The lowest BCUT2D eigenvalue weighted by atomic mass is 9.35. The number of rotatable bonds is 4. The largest absolute Gasteiger partial charge is 0.393 e. The maximum absolute atomic E-state index is 10.8. The highest BCUT2D eigenvalue weighted by Gasteiger charge is 2.68. The molecule has 0 bridgehead atoms. The van der Waals surface area contributed by atoms with Crippen LogP contribution in [0.15, 0.2) is 24.3 Å². The summed E-state index contributed by atoms with van der Waals surface area (Å²) in [6, 6.07) is 0. The van der Waals surface area contributed by atoms with Gasteiger partial charge in [0.25, 0.3) is 0 Å². The van der Waals surface area contributed by atoms with Crippen LogP contribution in [0.4, 0.5) is 0 Å². The Morgan fingerprint density at radius 1 is 0.906 bits per heavy atom. The van der Waals surface area contributed by atoms with E-state index in [1.165, 1.54) is 50.5 Å². The van der Waals surface area contributed by atoms with Crippen LogP contribution in [-0.4, -0.2) is 21.9 Å². The second-order valence-electron chi connectivity index (χ2n) is 14.1. The third-order valence-electron chi connectivity index (χ3n) is 11.8. The first-order valence-electron chi connectivity index (χ1n) is 13.4. The Kier molecular flexibility index (Phi) is 5.90. The molecule has 4 fully saturated rings. The van der Waals surface area contributed by atoms with E-state index in [0.29, 0.717) is 28.1 Å². The molecular formula is C30H50O2. The van der Waals surface area contributed by atoms with Gasteiger partial charge in [-0.05, 0) is 117 Å². The monoisotopic (exact) mass is 442 g/mol. The summed E-state index contributed by atoms with van der Waals surface area (Å²) in [7, 11) is 0. The Balaban J connectivity index is 1.58. The van der Waals surface area contributed by atoms with Crippen LogP contribution >= 0.6 is 0 Å². The van der Waals surface area contributed by atoms with Crippen molar-refractivity contribution in [3.63, 3.8) is 0 Å². The maximum atomic E-state index is 10.8. The lowest BCUT2D eigenvalue weighted by Crippen LogP contribution is -2.63. The molecule has 0 aromatic heterocycles. The zero-order chi connectivity index (χ0) is 23.7. The first kappa shape index (κ1) is 24.5. The fourth-order valence-electron chi connectivity index (χ4n) is 9.87. The van der Waals surface area contributed by atoms with E-state index in [9.17, 15) is 10.2 Å². The van der Waals surface area contributed by atoms with Crippen LogP contribution in [0.5, 0.6) is 0 Å². The van der Waals surface area contributed by atoms with E-state index < -0.39 is 5.60 Å². The summed E-state index contributed by atoms with van der Waals surface area (Å²) in [6.07, 6.45) is 14.9. The lowest BCUT2D eigenvalue weighted by Gasteiger charge is -2.69. The number of hydrogen-bond acceptors (Lipinski definition) is 2. The van der Waals surface area contributed by atoms with Crippen LogP contribution in [0, 0.1) is 45.3 Å². The van der Waals surface area contributed by atoms with Gasteiger partial charge in [-0.2, -0.15) is 0 Å². The van der Waals surface area contributed by atoms with Crippen molar-refractivity contribution in [3.8, 4) is 0 Å². The zero-order valence-corrected chi connectivity index (χ0v) is 22.0. The molecule has 32 heavy (non-hydrogen) atoms. The first-order valence-corrected chi connectivity index (χ1v) is 13.4. The Bertz CT molecular complexity index is 772. The summed E-state index contributed by atoms with van der Waals surface area (Å²) >= 11 is 0. The molecule has 0 saturated heterocycles. The van der Waals surface area contributed by atoms with Crippen molar-refractivity contribution in [2.24, 2.45) is 45.3 Å². The fraction of sp³-hybridized carbons (Fsp3) is 0.867. The van der Waals surface area contributed by atoms with Crippen molar-refractivity contribution >= 4 is 0 Å². The molecule has 2 nitrogen and oxygen atoms in total. The number of aliphatic hydroxyl groups excluding tert-OH is 1. The number of hydrogen-bond donors (Lipinski definition) is 2. The Morgan fingerprint density at radius 3 is 2.22 bits per heavy atom. The maximum Gasteiger partial charge on any atom is 0.0771 e. The second kappa shape index (κ2) is 7.70. The van der Waals surface area contributed by atoms with Crippen LogP contribution in [0.1, 0.15) is 106 Å². The molecule has 4 rings (SSSR count). The summed E-state index contributed by atoms with van der Waals surface area (Å²) < 4.78 is 0. The lowest BCUT2D eigenvalue weighted by molar-refractivity contribution is -0.220. The average Bonchev–Trinajstić information content (AvgIpc) is 3.03. The van der Waals surface area contributed by atoms with Crippen molar-refractivity contribution in [3.05, 3.63) is 24.3 Å². The highest BCUT2D eigenvalue weighted by atomic mass is 16.3. The van der Waals surface area contributed by atoms with Gasteiger partial charge in [0.1, 0.15) is 0 Å². The van der Waals surface area contributed by atoms with Crippen molar-refractivity contribution in [1.82, 2.24) is 0 Å². The van der Waals surface area contributed by atoms with E-state index in [1.807, 2.05) is 19.9 Å². The molecule has 0 radical (unpaired) electrons. The summed E-state index contributed by atoms with van der Waals surface area (Å²) in [4.78, 5) is 0. The topological polar surface area (TPSA) is 40.5 Å². The molecule has 4 aliphatic carbocycles. The molecule has 0 aliphatic heterocycles. The highest BCUT2D eigenvalue weighted by Crippen LogP contribution is 2.75. The van der Waals surface area contributed by atoms with Gasteiger partial charge >= 0.3 is 0 Å². The molecule has 0 aromatic rings. The van der Waals surface area contributed by atoms with Gasteiger partial charge in [-0.25, -0.2) is 0 Å². The van der Waals surface area contributed by atoms with Crippen LogP contribution in [-0.2, 0) is 0 Å². The van der Waals surface area contributed by atoms with Crippen molar-refractivity contribution < 1.29 is 10.2 Å². The van der Waals surface area contributed by atoms with Crippen molar-refractivity contribution in [1.29, 1.82) is 0 Å². The molecule has 4 aliphatic rings. The van der Waals surface area contributed by atoms with E-state index in [-0.39, 0.29) is 11.5 Å². The Labute approximate surface area is 198 Å². The van der Waals surface area contributed by atoms with E-state index in [0.717, 1.165) is 24.7 Å². The van der Waals surface area contributed by atoms with Crippen molar-refractivity contribution in [2.75, 3.05) is 0 Å². The molecule has 0 amide bonds. The van der Waals surface area contributed by atoms with E-state index in [4.69, 9.17) is 0 Å². The minimum Gasteiger partial charge on any atom is -0.393 e. The van der Waals surface area contributed by atoms with Gasteiger partial charge in [-0.1, -0.05) is 58.9 Å². The molecule has 2 heteroatoms. The van der Waals surface area contributed by atoms with Gasteiger partial charge in [0.2, 0.25) is 0 Å². The first-order chi connectivity index (χ1) is 14.7. The average molecular weight is 443 g/mol. The van der Waals surface area contributed by atoms with Gasteiger partial charge in [0, 0.05) is 0 Å². The van der Waals surface area contributed by atoms with Gasteiger partial charge in [-0.15, -0.1) is 0 Å². The second-order valence-corrected chi connectivity index (χ2v) is 14.1. The number of allylic oxidation sites excluding steroid dienone is 2. The molecule has 0 aromatic carbocycles. The summed E-state index contributed by atoms with van der Waals surface area (Å²) in [5.41, 5.74) is 1.79. The predicted molar refractivity (Wildman–Crippen MR) is 134 cm³/mol. The third kappa shape index (κ3) is 3.49. The number of aliphatic hydroxyl groups is 2. The summed E-state index contributed by atoms with van der Waals surface area (Å²) in [6.45, 7) is 20.8. The van der Waals surface area contributed by atoms with Crippen LogP contribution in [0.25, 0.3) is 0 Å².